The fourth-order valence-corrected chi connectivity index (χ4v) is 2.07. The van der Waals surface area contributed by atoms with Gasteiger partial charge in [-0.25, -0.2) is 9.59 Å². The Hall–Kier alpha value is -3.28. The maximum absolute atomic E-state index is 11.9. The number of nitrogen functional groups attached to an aromatic ring is 1. The summed E-state index contributed by atoms with van der Waals surface area (Å²) in [6.07, 6.45) is 0. The van der Waals surface area contributed by atoms with Crippen LogP contribution in [0.1, 0.15) is 10.4 Å². The molecule has 0 saturated heterocycles. The Balaban J connectivity index is 2.25. The molecule has 22 heavy (non-hydrogen) atoms. The second kappa shape index (κ2) is 5.25. The third-order valence-corrected chi connectivity index (χ3v) is 3.08. The van der Waals surface area contributed by atoms with E-state index in [1.54, 1.807) is 48.5 Å². The molecule has 6 nitrogen and oxygen atoms in total. The molecule has 0 aliphatic carbocycles. The molecule has 3 N–H and O–H groups in total. The number of aromatic carboxylic acids is 1. The molecule has 3 rings (SSSR count). The van der Waals surface area contributed by atoms with Gasteiger partial charge in [-0.05, 0) is 36.4 Å². The molecule has 0 amide bonds. The number of rotatable bonds is 3. The fraction of sp³-hybridized carbons (Fsp3) is 0. The lowest BCUT2D eigenvalue weighted by Gasteiger charge is -2.10. The molecule has 0 atom stereocenters. The van der Waals surface area contributed by atoms with Gasteiger partial charge in [0, 0.05) is 5.69 Å². The van der Waals surface area contributed by atoms with Crippen molar-refractivity contribution >= 4 is 22.6 Å². The van der Waals surface area contributed by atoms with Crippen LogP contribution in [0.15, 0.2) is 57.7 Å². The molecular formula is C16H11NO5. The minimum absolute atomic E-state index is 0.0517. The van der Waals surface area contributed by atoms with E-state index in [9.17, 15) is 14.7 Å². The summed E-state index contributed by atoms with van der Waals surface area (Å²) in [5.74, 6) is -1.10. The van der Waals surface area contributed by atoms with Crippen LogP contribution in [0.25, 0.3) is 11.0 Å². The summed E-state index contributed by atoms with van der Waals surface area (Å²) in [5, 5.41) is 9.67. The molecular weight excluding hydrogens is 286 g/mol. The second-order valence-corrected chi connectivity index (χ2v) is 4.57. The van der Waals surface area contributed by atoms with E-state index in [0.717, 1.165) is 0 Å². The molecule has 3 aromatic rings. The predicted octanol–water partition coefficient (Wildman–Crippen LogP) is 2.87. The van der Waals surface area contributed by atoms with Crippen LogP contribution in [0.4, 0.5) is 5.69 Å². The Kier molecular flexibility index (Phi) is 3.27. The zero-order valence-electron chi connectivity index (χ0n) is 11.3. The van der Waals surface area contributed by atoms with Crippen molar-refractivity contribution in [2.24, 2.45) is 0 Å². The lowest BCUT2D eigenvalue weighted by molar-refractivity contribution is 0.0689. The average molecular weight is 297 g/mol. The monoisotopic (exact) mass is 297 g/mol. The average Bonchev–Trinajstić information content (AvgIpc) is 2.49. The minimum Gasteiger partial charge on any atom is -0.477 e. The molecule has 1 heterocycles. The number of carbonyl (C=O) groups is 1. The van der Waals surface area contributed by atoms with E-state index in [0.29, 0.717) is 16.8 Å². The number of carboxylic acid groups (broad SMARTS) is 1. The van der Waals surface area contributed by atoms with Crippen molar-refractivity contribution in [2.45, 2.75) is 0 Å². The first kappa shape index (κ1) is 13.7. The van der Waals surface area contributed by atoms with E-state index in [1.807, 2.05) is 0 Å². The van der Waals surface area contributed by atoms with E-state index >= 15 is 0 Å². The van der Waals surface area contributed by atoms with Crippen LogP contribution in [0.2, 0.25) is 0 Å². The summed E-state index contributed by atoms with van der Waals surface area (Å²) >= 11 is 0. The highest BCUT2D eigenvalue weighted by atomic mass is 16.5. The minimum atomic E-state index is -1.41. The van der Waals surface area contributed by atoms with Crippen molar-refractivity contribution in [3.8, 4) is 11.5 Å². The smallest absolute Gasteiger partial charge is 0.354 e. The molecule has 0 spiro atoms. The van der Waals surface area contributed by atoms with E-state index < -0.39 is 17.2 Å². The Bertz CT molecular complexity index is 912. The molecule has 1 aromatic heterocycles. The van der Waals surface area contributed by atoms with Gasteiger partial charge in [0.2, 0.25) is 0 Å². The van der Waals surface area contributed by atoms with Crippen LogP contribution in [0.5, 0.6) is 11.5 Å². The summed E-state index contributed by atoms with van der Waals surface area (Å²) in [4.78, 5) is 23.3. The number of anilines is 1. The third-order valence-electron chi connectivity index (χ3n) is 3.08. The van der Waals surface area contributed by atoms with Gasteiger partial charge in [-0.15, -0.1) is 0 Å². The standard InChI is InChI=1S/C16H11NO5/c17-9-5-7-10(8-6-9)21-14-11-3-1-2-4-12(11)22-16(20)13(14)15(18)19/h1-8H,17H2,(H,18,19). The van der Waals surface area contributed by atoms with E-state index in [4.69, 9.17) is 14.9 Å². The molecule has 0 radical (unpaired) electrons. The van der Waals surface area contributed by atoms with Gasteiger partial charge in [-0.3, -0.25) is 0 Å². The fourth-order valence-electron chi connectivity index (χ4n) is 2.07. The first-order valence-corrected chi connectivity index (χ1v) is 6.39. The zero-order chi connectivity index (χ0) is 15.7. The highest BCUT2D eigenvalue weighted by molar-refractivity contribution is 5.98. The van der Waals surface area contributed by atoms with Crippen LogP contribution in [-0.4, -0.2) is 11.1 Å². The third kappa shape index (κ3) is 2.37. The van der Waals surface area contributed by atoms with Crippen molar-refractivity contribution in [3.05, 3.63) is 64.5 Å². The van der Waals surface area contributed by atoms with Crippen molar-refractivity contribution < 1.29 is 19.1 Å². The highest BCUT2D eigenvalue weighted by Gasteiger charge is 2.22. The first-order chi connectivity index (χ1) is 10.6. The predicted molar refractivity (Wildman–Crippen MR) is 80.4 cm³/mol. The van der Waals surface area contributed by atoms with Crippen LogP contribution < -0.4 is 16.1 Å². The van der Waals surface area contributed by atoms with E-state index in [-0.39, 0.29) is 11.3 Å². The lowest BCUT2D eigenvalue weighted by Crippen LogP contribution is -2.15. The van der Waals surface area contributed by atoms with Crippen LogP contribution in [-0.2, 0) is 0 Å². The molecule has 0 fully saturated rings. The summed E-state index contributed by atoms with van der Waals surface area (Å²) in [6, 6.07) is 13.0. The maximum atomic E-state index is 11.9. The molecule has 6 heteroatoms. The number of benzene rings is 2. The van der Waals surface area contributed by atoms with Crippen molar-refractivity contribution in [3.63, 3.8) is 0 Å². The Morgan fingerprint density at radius 1 is 1.09 bits per heavy atom. The van der Waals surface area contributed by atoms with Crippen molar-refractivity contribution in [1.82, 2.24) is 0 Å². The quantitative estimate of drug-likeness (QED) is 0.569. The van der Waals surface area contributed by atoms with Gasteiger partial charge >= 0.3 is 11.6 Å². The maximum Gasteiger partial charge on any atom is 0.354 e. The lowest BCUT2D eigenvalue weighted by atomic mass is 10.1. The Labute approximate surface area is 124 Å². The van der Waals surface area contributed by atoms with Gasteiger partial charge in [0.05, 0.1) is 5.39 Å². The largest absolute Gasteiger partial charge is 0.477 e. The number of para-hydroxylation sites is 1. The molecule has 110 valence electrons. The normalized spacial score (nSPS) is 10.5. The SMILES string of the molecule is Nc1ccc(Oc2c(C(=O)O)c(=O)oc3ccccc23)cc1. The summed E-state index contributed by atoms with van der Waals surface area (Å²) in [6.45, 7) is 0. The number of nitrogens with two attached hydrogens (primary N) is 1. The van der Waals surface area contributed by atoms with Crippen LogP contribution in [0.3, 0.4) is 0 Å². The summed E-state index contributed by atoms with van der Waals surface area (Å²) < 4.78 is 10.6. The van der Waals surface area contributed by atoms with Crippen molar-refractivity contribution in [2.75, 3.05) is 5.73 Å². The van der Waals surface area contributed by atoms with Gasteiger partial charge in [0.25, 0.3) is 0 Å². The summed E-state index contributed by atoms with van der Waals surface area (Å²) in [7, 11) is 0. The number of ether oxygens (including phenoxy) is 1. The topological polar surface area (TPSA) is 103 Å². The number of hydrogen-bond donors (Lipinski definition) is 2. The van der Waals surface area contributed by atoms with Gasteiger partial charge in [0.1, 0.15) is 11.3 Å². The van der Waals surface area contributed by atoms with Crippen LogP contribution >= 0.6 is 0 Å². The number of carboxylic acids is 1. The molecule has 2 aromatic carbocycles. The molecule has 0 aliphatic rings. The second-order valence-electron chi connectivity index (χ2n) is 4.57. The summed E-state index contributed by atoms with van der Waals surface area (Å²) in [5.41, 5.74) is 4.89. The Morgan fingerprint density at radius 3 is 2.45 bits per heavy atom. The molecule has 0 aliphatic heterocycles. The number of fused-ring (bicyclic) bond motifs is 1. The highest BCUT2D eigenvalue weighted by Crippen LogP contribution is 2.32. The van der Waals surface area contributed by atoms with Gasteiger partial charge in [0.15, 0.2) is 11.3 Å². The van der Waals surface area contributed by atoms with Crippen LogP contribution in [0, 0.1) is 0 Å². The Morgan fingerprint density at radius 2 is 1.77 bits per heavy atom. The molecule has 0 unspecified atom stereocenters. The first-order valence-electron chi connectivity index (χ1n) is 6.39. The molecule has 0 saturated carbocycles. The number of hydrogen-bond acceptors (Lipinski definition) is 5. The van der Waals surface area contributed by atoms with E-state index in [1.165, 1.54) is 0 Å². The van der Waals surface area contributed by atoms with Gasteiger partial charge in [-0.2, -0.15) is 0 Å². The zero-order valence-corrected chi connectivity index (χ0v) is 11.3. The van der Waals surface area contributed by atoms with Crippen molar-refractivity contribution in [1.29, 1.82) is 0 Å². The molecule has 0 bridgehead atoms. The van der Waals surface area contributed by atoms with Gasteiger partial charge < -0.3 is 20.0 Å². The van der Waals surface area contributed by atoms with Gasteiger partial charge in [-0.1, -0.05) is 12.1 Å². The van der Waals surface area contributed by atoms with E-state index in [2.05, 4.69) is 0 Å².